The molecule has 1 atom stereocenters. The smallest absolute Gasteiger partial charge is 0.223 e. The fourth-order valence-electron chi connectivity index (χ4n) is 4.27. The van der Waals surface area contributed by atoms with Crippen molar-refractivity contribution >= 4 is 29.2 Å². The molecule has 3 N–H and O–H groups in total. The SMILES string of the molecule is CN=C(NCCNC(=O)C1CCCCC1)NC1CCN(c2cc(Cl)ccc2OC)C1. The highest BCUT2D eigenvalue weighted by molar-refractivity contribution is 6.30. The van der Waals surface area contributed by atoms with Gasteiger partial charge < -0.3 is 25.6 Å². The van der Waals surface area contributed by atoms with E-state index < -0.39 is 0 Å². The molecule has 1 heterocycles. The average Bonchev–Trinajstić information content (AvgIpc) is 3.24. The molecule has 1 aromatic carbocycles. The molecule has 2 fully saturated rings. The van der Waals surface area contributed by atoms with Crippen molar-refractivity contribution in [3.05, 3.63) is 23.2 Å². The number of hydrogen-bond acceptors (Lipinski definition) is 4. The lowest BCUT2D eigenvalue weighted by Gasteiger charge is -2.23. The molecule has 1 aliphatic heterocycles. The van der Waals surface area contributed by atoms with Gasteiger partial charge in [0.2, 0.25) is 5.91 Å². The van der Waals surface area contributed by atoms with Crippen molar-refractivity contribution in [2.45, 2.75) is 44.6 Å². The predicted molar refractivity (Wildman–Crippen MR) is 123 cm³/mol. The van der Waals surface area contributed by atoms with Gasteiger partial charge in [-0.05, 0) is 37.5 Å². The van der Waals surface area contributed by atoms with Crippen molar-refractivity contribution in [3.8, 4) is 5.75 Å². The Morgan fingerprint density at radius 3 is 2.70 bits per heavy atom. The summed E-state index contributed by atoms with van der Waals surface area (Å²) in [7, 11) is 3.44. The second kappa shape index (κ2) is 11.3. The van der Waals surface area contributed by atoms with Gasteiger partial charge in [-0.25, -0.2) is 0 Å². The van der Waals surface area contributed by atoms with E-state index in [1.165, 1.54) is 19.3 Å². The molecule has 0 spiro atoms. The monoisotopic (exact) mass is 435 g/mol. The summed E-state index contributed by atoms with van der Waals surface area (Å²) in [5.74, 6) is 1.98. The van der Waals surface area contributed by atoms with Crippen LogP contribution in [0.3, 0.4) is 0 Å². The van der Waals surface area contributed by atoms with Crippen molar-refractivity contribution < 1.29 is 9.53 Å². The number of ether oxygens (including phenoxy) is 1. The third kappa shape index (κ3) is 6.17. The molecule has 1 saturated carbocycles. The molecule has 1 saturated heterocycles. The van der Waals surface area contributed by atoms with Gasteiger partial charge in [0.25, 0.3) is 0 Å². The van der Waals surface area contributed by atoms with Gasteiger partial charge in [0, 0.05) is 50.2 Å². The number of carbonyl (C=O) groups is 1. The van der Waals surface area contributed by atoms with Crippen molar-refractivity contribution in [2.75, 3.05) is 45.2 Å². The molecule has 166 valence electrons. The summed E-state index contributed by atoms with van der Waals surface area (Å²) in [4.78, 5) is 18.8. The van der Waals surface area contributed by atoms with Gasteiger partial charge in [0.15, 0.2) is 5.96 Å². The molecule has 0 radical (unpaired) electrons. The average molecular weight is 436 g/mol. The summed E-state index contributed by atoms with van der Waals surface area (Å²) in [5, 5.41) is 10.5. The quantitative estimate of drug-likeness (QED) is 0.348. The third-order valence-electron chi connectivity index (χ3n) is 5.93. The Kier molecular flexibility index (Phi) is 8.49. The van der Waals surface area contributed by atoms with E-state index >= 15 is 0 Å². The summed E-state index contributed by atoms with van der Waals surface area (Å²) in [5.41, 5.74) is 1.02. The van der Waals surface area contributed by atoms with Crippen LogP contribution in [-0.2, 0) is 4.79 Å². The third-order valence-corrected chi connectivity index (χ3v) is 6.16. The van der Waals surface area contributed by atoms with E-state index in [0.29, 0.717) is 18.1 Å². The van der Waals surface area contributed by atoms with Crippen LogP contribution in [0, 0.1) is 5.92 Å². The zero-order valence-corrected chi connectivity index (χ0v) is 18.8. The second-order valence-electron chi connectivity index (χ2n) is 8.02. The number of nitrogens with zero attached hydrogens (tertiary/aromatic N) is 2. The molecule has 1 aromatic rings. The maximum Gasteiger partial charge on any atom is 0.223 e. The fourth-order valence-corrected chi connectivity index (χ4v) is 4.44. The first-order valence-corrected chi connectivity index (χ1v) is 11.3. The number of rotatable bonds is 7. The summed E-state index contributed by atoms with van der Waals surface area (Å²) >= 11 is 6.18. The summed E-state index contributed by atoms with van der Waals surface area (Å²) in [6.07, 6.45) is 6.65. The molecular formula is C22H34ClN5O2. The van der Waals surface area contributed by atoms with Crippen LogP contribution in [0.1, 0.15) is 38.5 Å². The first-order chi connectivity index (χ1) is 14.6. The van der Waals surface area contributed by atoms with Gasteiger partial charge >= 0.3 is 0 Å². The van der Waals surface area contributed by atoms with E-state index in [1.807, 2.05) is 18.2 Å². The molecule has 0 aromatic heterocycles. The van der Waals surface area contributed by atoms with Gasteiger partial charge in [-0.2, -0.15) is 0 Å². The molecule has 0 bridgehead atoms. The van der Waals surface area contributed by atoms with E-state index in [9.17, 15) is 4.79 Å². The van der Waals surface area contributed by atoms with Crippen molar-refractivity contribution in [3.63, 3.8) is 0 Å². The van der Waals surface area contributed by atoms with Gasteiger partial charge in [-0.15, -0.1) is 0 Å². The van der Waals surface area contributed by atoms with E-state index in [1.54, 1.807) is 14.2 Å². The normalized spacial score (nSPS) is 20.2. The second-order valence-corrected chi connectivity index (χ2v) is 8.45. The van der Waals surface area contributed by atoms with E-state index in [0.717, 1.165) is 49.7 Å². The summed E-state index contributed by atoms with van der Waals surface area (Å²) in [6, 6.07) is 5.97. The fraction of sp³-hybridized carbons (Fsp3) is 0.636. The Hall–Kier alpha value is -2.15. The molecule has 7 nitrogen and oxygen atoms in total. The number of guanidine groups is 1. The van der Waals surface area contributed by atoms with Crippen LogP contribution in [0.5, 0.6) is 5.75 Å². The standard InChI is InChI=1S/C22H34ClN5O2/c1-24-22(26-12-11-25-21(29)16-6-4-3-5-7-16)27-18-10-13-28(15-18)19-14-17(23)8-9-20(19)30-2/h8-9,14,16,18H,3-7,10-13,15H2,1-2H3,(H,25,29)(H2,24,26,27). The molecular weight excluding hydrogens is 402 g/mol. The zero-order chi connectivity index (χ0) is 21.3. The molecule has 30 heavy (non-hydrogen) atoms. The van der Waals surface area contributed by atoms with Crippen LogP contribution in [0.4, 0.5) is 5.69 Å². The number of halogens is 1. The zero-order valence-electron chi connectivity index (χ0n) is 18.0. The van der Waals surface area contributed by atoms with Crippen LogP contribution >= 0.6 is 11.6 Å². The van der Waals surface area contributed by atoms with E-state index in [2.05, 4.69) is 25.8 Å². The number of carbonyl (C=O) groups excluding carboxylic acids is 1. The summed E-state index contributed by atoms with van der Waals surface area (Å²) in [6.45, 7) is 3.02. The Bertz CT molecular complexity index is 736. The molecule has 2 aliphatic rings. The number of methoxy groups -OCH3 is 1. The van der Waals surface area contributed by atoms with Crippen molar-refractivity contribution in [2.24, 2.45) is 10.9 Å². The minimum Gasteiger partial charge on any atom is -0.495 e. The first-order valence-electron chi connectivity index (χ1n) is 10.9. The van der Waals surface area contributed by atoms with Gasteiger partial charge in [0.05, 0.1) is 12.8 Å². The lowest BCUT2D eigenvalue weighted by Crippen LogP contribution is -2.47. The number of anilines is 1. The molecule has 3 rings (SSSR count). The van der Waals surface area contributed by atoms with Crippen LogP contribution < -0.4 is 25.6 Å². The van der Waals surface area contributed by atoms with Gasteiger partial charge in [-0.3, -0.25) is 9.79 Å². The van der Waals surface area contributed by atoms with Crippen molar-refractivity contribution in [1.82, 2.24) is 16.0 Å². The lowest BCUT2D eigenvalue weighted by atomic mass is 9.89. The van der Waals surface area contributed by atoms with E-state index in [-0.39, 0.29) is 17.9 Å². The lowest BCUT2D eigenvalue weighted by molar-refractivity contribution is -0.125. The summed E-state index contributed by atoms with van der Waals surface area (Å²) < 4.78 is 5.49. The van der Waals surface area contributed by atoms with Crippen LogP contribution in [0.15, 0.2) is 23.2 Å². The highest BCUT2D eigenvalue weighted by atomic mass is 35.5. The van der Waals surface area contributed by atoms with Gasteiger partial charge in [-0.1, -0.05) is 30.9 Å². The molecule has 8 heteroatoms. The predicted octanol–water partition coefficient (Wildman–Crippen LogP) is 2.79. The highest BCUT2D eigenvalue weighted by Crippen LogP contribution is 2.33. The maximum atomic E-state index is 12.2. The van der Waals surface area contributed by atoms with E-state index in [4.69, 9.17) is 16.3 Å². The molecule has 1 unspecified atom stereocenters. The number of aliphatic imine (C=N–C) groups is 1. The van der Waals surface area contributed by atoms with Crippen molar-refractivity contribution in [1.29, 1.82) is 0 Å². The largest absolute Gasteiger partial charge is 0.495 e. The topological polar surface area (TPSA) is 78.0 Å². The molecule has 1 aliphatic carbocycles. The Balaban J connectivity index is 1.41. The van der Waals surface area contributed by atoms with Crippen LogP contribution in [0.2, 0.25) is 5.02 Å². The number of nitrogens with one attached hydrogen (secondary N) is 3. The first kappa shape index (κ1) is 22.5. The van der Waals surface area contributed by atoms with Gasteiger partial charge in [0.1, 0.15) is 5.75 Å². The number of benzene rings is 1. The maximum absolute atomic E-state index is 12.2. The minimum absolute atomic E-state index is 0.196. The number of hydrogen-bond donors (Lipinski definition) is 3. The van der Waals surface area contributed by atoms with Crippen LogP contribution in [-0.4, -0.2) is 58.2 Å². The molecule has 1 amide bonds. The van der Waals surface area contributed by atoms with Crippen LogP contribution in [0.25, 0.3) is 0 Å². The number of amides is 1. The minimum atomic E-state index is 0.196. The Labute approximate surface area is 184 Å². The highest BCUT2D eigenvalue weighted by Gasteiger charge is 2.25. The Morgan fingerprint density at radius 1 is 1.20 bits per heavy atom. The Morgan fingerprint density at radius 2 is 1.97 bits per heavy atom.